The van der Waals surface area contributed by atoms with Gasteiger partial charge in [0.25, 0.3) is 0 Å². The molecule has 7 N–H and O–H groups in total. The van der Waals surface area contributed by atoms with Crippen LogP contribution in [0, 0.1) is 0 Å². The Balaban J connectivity index is 3.93. The lowest BCUT2D eigenvalue weighted by Crippen LogP contribution is -2.50. The predicted molar refractivity (Wildman–Crippen MR) is 132 cm³/mol. The molecule has 0 bridgehead atoms. The molecule has 0 amide bonds. The highest BCUT2D eigenvalue weighted by Crippen LogP contribution is 2.40. The predicted octanol–water partition coefficient (Wildman–Crippen LogP) is 3.55. The topological polar surface area (TPSA) is 168 Å². The van der Waals surface area contributed by atoms with Crippen LogP contribution in [0.5, 0.6) is 0 Å². The molecule has 0 aromatic carbocycles. The maximum atomic E-state index is 11.2. The quantitative estimate of drug-likeness (QED) is 0.0752. The van der Waals surface area contributed by atoms with Gasteiger partial charge in [-0.2, -0.15) is 0 Å². The Morgan fingerprint density at radius 3 is 1.35 bits per heavy atom. The molecule has 0 aromatic rings. The summed E-state index contributed by atoms with van der Waals surface area (Å²) < 4.78 is 15.7. The maximum Gasteiger partial charge on any atom is 0.470 e. The van der Waals surface area contributed by atoms with Crippen molar-refractivity contribution in [1.29, 1.82) is 0 Å². The second-order valence-electron chi connectivity index (χ2n) is 9.45. The summed E-state index contributed by atoms with van der Waals surface area (Å²) in [5.74, 6) is 0. The SMILES string of the molecule is CCCCCCCCCCCCCCCCCCC(O)[C@@H](OP(=O)(O)O)[C@@H](O)[C@H](O)[C@H](O)CO. The number of unbranched alkanes of at least 4 members (excludes halogenated alkanes) is 15. The lowest BCUT2D eigenvalue weighted by molar-refractivity contribution is -0.137. The van der Waals surface area contributed by atoms with Gasteiger partial charge in [0.05, 0.1) is 12.7 Å². The molecule has 34 heavy (non-hydrogen) atoms. The van der Waals surface area contributed by atoms with E-state index in [9.17, 15) is 25.0 Å². The van der Waals surface area contributed by atoms with Crippen molar-refractivity contribution in [2.24, 2.45) is 0 Å². The monoisotopic (exact) mass is 514 g/mol. The highest BCUT2D eigenvalue weighted by atomic mass is 31.2. The molecule has 0 aliphatic carbocycles. The molecule has 10 heteroatoms. The summed E-state index contributed by atoms with van der Waals surface area (Å²) in [7, 11) is -5.06. The van der Waals surface area contributed by atoms with Gasteiger partial charge in [-0.05, 0) is 6.42 Å². The highest BCUT2D eigenvalue weighted by molar-refractivity contribution is 7.46. The van der Waals surface area contributed by atoms with Crippen LogP contribution in [-0.2, 0) is 9.09 Å². The Morgan fingerprint density at radius 2 is 1.00 bits per heavy atom. The number of aliphatic hydroxyl groups excluding tert-OH is 5. The van der Waals surface area contributed by atoms with E-state index in [1.165, 1.54) is 70.6 Å². The van der Waals surface area contributed by atoms with E-state index < -0.39 is 44.9 Å². The number of phosphoric acid groups is 1. The fraction of sp³-hybridized carbons (Fsp3) is 1.00. The van der Waals surface area contributed by atoms with Crippen molar-refractivity contribution < 1.29 is 44.4 Å². The van der Waals surface area contributed by atoms with Crippen molar-refractivity contribution >= 4 is 7.82 Å². The smallest absolute Gasteiger partial charge is 0.394 e. The molecule has 0 aliphatic heterocycles. The Morgan fingerprint density at radius 1 is 0.618 bits per heavy atom. The third-order valence-corrected chi connectivity index (χ3v) is 6.78. The fourth-order valence-electron chi connectivity index (χ4n) is 4.11. The Kier molecular flexibility index (Phi) is 21.0. The molecule has 0 aliphatic rings. The van der Waals surface area contributed by atoms with Crippen molar-refractivity contribution in [1.82, 2.24) is 0 Å². The second-order valence-corrected chi connectivity index (χ2v) is 10.6. The molecule has 1 unspecified atom stereocenters. The van der Waals surface area contributed by atoms with Crippen molar-refractivity contribution in [2.45, 2.75) is 147 Å². The molecule has 5 atom stereocenters. The van der Waals surface area contributed by atoms with Gasteiger partial charge in [-0.1, -0.05) is 110 Å². The van der Waals surface area contributed by atoms with Gasteiger partial charge in [-0.25, -0.2) is 4.57 Å². The molecule has 0 saturated carbocycles. The Hall–Kier alpha value is -0.0900. The van der Waals surface area contributed by atoms with E-state index in [4.69, 9.17) is 14.9 Å². The summed E-state index contributed by atoms with van der Waals surface area (Å²) in [5, 5.41) is 48.5. The van der Waals surface area contributed by atoms with Gasteiger partial charge in [-0.15, -0.1) is 0 Å². The normalized spacial score (nSPS) is 16.8. The average Bonchev–Trinajstić information content (AvgIpc) is 2.80. The standard InChI is InChI=1S/C24H51O9P/c1-2-3-4-5-6-7-8-9-10-11-12-13-14-15-16-17-18-20(26)24(33-34(30,31)32)23(29)22(28)21(27)19-25/h20-29H,2-19H2,1H3,(H2,30,31,32)/t20?,21-,22-,23+,24-/m1/s1. The van der Waals surface area contributed by atoms with Gasteiger partial charge in [0.15, 0.2) is 0 Å². The summed E-state index contributed by atoms with van der Waals surface area (Å²) in [4.78, 5) is 18.1. The fourth-order valence-corrected chi connectivity index (χ4v) is 4.70. The summed E-state index contributed by atoms with van der Waals surface area (Å²) in [5.41, 5.74) is 0. The van der Waals surface area contributed by atoms with E-state index in [-0.39, 0.29) is 6.42 Å². The molecule has 0 radical (unpaired) electrons. The minimum Gasteiger partial charge on any atom is -0.394 e. The van der Waals surface area contributed by atoms with Crippen LogP contribution in [0.1, 0.15) is 116 Å². The van der Waals surface area contributed by atoms with Crippen molar-refractivity contribution in [3.05, 3.63) is 0 Å². The number of hydrogen-bond acceptors (Lipinski definition) is 7. The minimum absolute atomic E-state index is 0.113. The van der Waals surface area contributed by atoms with E-state index >= 15 is 0 Å². The van der Waals surface area contributed by atoms with E-state index in [2.05, 4.69) is 11.4 Å². The highest BCUT2D eigenvalue weighted by Gasteiger charge is 2.39. The molecule has 0 rings (SSSR count). The lowest BCUT2D eigenvalue weighted by Gasteiger charge is -2.31. The molecule has 0 fully saturated rings. The second kappa shape index (κ2) is 21.0. The molecule has 0 heterocycles. The van der Waals surface area contributed by atoms with Crippen LogP contribution in [0.15, 0.2) is 0 Å². The van der Waals surface area contributed by atoms with Crippen LogP contribution in [0.4, 0.5) is 0 Å². The van der Waals surface area contributed by atoms with Gasteiger partial charge in [0, 0.05) is 0 Å². The summed E-state index contributed by atoms with van der Waals surface area (Å²) in [6.45, 7) is 1.37. The third kappa shape index (κ3) is 18.2. The van der Waals surface area contributed by atoms with Crippen LogP contribution in [0.25, 0.3) is 0 Å². The van der Waals surface area contributed by atoms with Crippen LogP contribution in [-0.4, -0.2) is 72.4 Å². The first-order valence-electron chi connectivity index (χ1n) is 13.2. The average molecular weight is 515 g/mol. The molecule has 206 valence electrons. The van der Waals surface area contributed by atoms with Gasteiger partial charge in [0.1, 0.15) is 24.4 Å². The Bertz CT molecular complexity index is 503. The first kappa shape index (κ1) is 33.9. The van der Waals surface area contributed by atoms with Crippen molar-refractivity contribution in [3.63, 3.8) is 0 Å². The van der Waals surface area contributed by atoms with Crippen molar-refractivity contribution in [2.75, 3.05) is 6.61 Å². The minimum atomic E-state index is -5.06. The molecule has 0 saturated heterocycles. The number of hydrogen-bond donors (Lipinski definition) is 7. The molecular formula is C24H51O9P. The van der Waals surface area contributed by atoms with E-state index in [1.54, 1.807) is 0 Å². The van der Waals surface area contributed by atoms with Crippen LogP contribution < -0.4 is 0 Å². The number of phosphoric ester groups is 1. The summed E-state index contributed by atoms with van der Waals surface area (Å²) >= 11 is 0. The van der Waals surface area contributed by atoms with E-state index in [0.717, 1.165) is 25.7 Å². The van der Waals surface area contributed by atoms with Gasteiger partial charge < -0.3 is 35.3 Å². The van der Waals surface area contributed by atoms with Crippen LogP contribution in [0.3, 0.4) is 0 Å². The third-order valence-electron chi connectivity index (χ3n) is 6.26. The zero-order valence-electron chi connectivity index (χ0n) is 21.0. The van der Waals surface area contributed by atoms with Crippen LogP contribution in [0.2, 0.25) is 0 Å². The molecule has 9 nitrogen and oxygen atoms in total. The lowest BCUT2D eigenvalue weighted by atomic mass is 9.96. The Labute approximate surface area is 205 Å². The zero-order valence-corrected chi connectivity index (χ0v) is 21.9. The van der Waals surface area contributed by atoms with E-state index in [1.807, 2.05) is 0 Å². The first-order chi connectivity index (χ1) is 16.1. The van der Waals surface area contributed by atoms with E-state index in [0.29, 0.717) is 6.42 Å². The van der Waals surface area contributed by atoms with Gasteiger partial charge in [-0.3, -0.25) is 4.52 Å². The molecule has 0 spiro atoms. The summed E-state index contributed by atoms with van der Waals surface area (Å²) in [6, 6.07) is 0. The van der Waals surface area contributed by atoms with Gasteiger partial charge in [0.2, 0.25) is 0 Å². The number of aliphatic hydroxyl groups is 5. The van der Waals surface area contributed by atoms with Crippen LogP contribution >= 0.6 is 7.82 Å². The van der Waals surface area contributed by atoms with Gasteiger partial charge >= 0.3 is 7.82 Å². The summed E-state index contributed by atoms with van der Waals surface area (Å²) in [6.07, 6.45) is 10.4. The first-order valence-corrected chi connectivity index (χ1v) is 14.7. The number of rotatable bonds is 24. The largest absolute Gasteiger partial charge is 0.470 e. The molecule has 0 aromatic heterocycles. The van der Waals surface area contributed by atoms with Crippen molar-refractivity contribution in [3.8, 4) is 0 Å². The molecular weight excluding hydrogens is 463 g/mol. The maximum absolute atomic E-state index is 11.2. The zero-order chi connectivity index (χ0) is 25.8.